The summed E-state index contributed by atoms with van der Waals surface area (Å²) in [5.41, 5.74) is 6.23. The molecule has 30 heavy (non-hydrogen) atoms. The minimum Gasteiger partial charge on any atom is -0.471 e. The first kappa shape index (κ1) is 16.9. The highest BCUT2D eigenvalue weighted by Crippen LogP contribution is 2.42. The SMILES string of the molecule is CC1=C2NOC(Nc3ccc4c(n3)OC(=O)CN4)(N=C1)N2c1ccc2c(c1)NCO2. The van der Waals surface area contributed by atoms with E-state index in [1.165, 1.54) is 0 Å². The summed E-state index contributed by atoms with van der Waals surface area (Å²) in [5, 5.41) is 9.37. The van der Waals surface area contributed by atoms with E-state index in [4.69, 9.17) is 14.3 Å². The Morgan fingerprint density at radius 1 is 1.20 bits per heavy atom. The summed E-state index contributed by atoms with van der Waals surface area (Å²) in [7, 11) is 0. The van der Waals surface area contributed by atoms with Crippen LogP contribution in [0.3, 0.4) is 0 Å². The Morgan fingerprint density at radius 3 is 3.07 bits per heavy atom. The Hall–Kier alpha value is -3.99. The van der Waals surface area contributed by atoms with Crippen LogP contribution in [0.2, 0.25) is 0 Å². The van der Waals surface area contributed by atoms with Gasteiger partial charge >= 0.3 is 11.9 Å². The van der Waals surface area contributed by atoms with Crippen LogP contribution in [-0.2, 0) is 9.63 Å². The zero-order valence-electron chi connectivity index (χ0n) is 15.9. The minimum absolute atomic E-state index is 0.111. The molecule has 0 radical (unpaired) electrons. The van der Waals surface area contributed by atoms with Crippen LogP contribution in [0.4, 0.5) is 22.9 Å². The second-order valence-electron chi connectivity index (χ2n) is 7.09. The third-order valence-corrected chi connectivity index (χ3v) is 5.12. The Bertz CT molecular complexity index is 1150. The summed E-state index contributed by atoms with van der Waals surface area (Å²) >= 11 is 0. The van der Waals surface area contributed by atoms with Crippen LogP contribution in [-0.4, -0.2) is 36.4 Å². The van der Waals surface area contributed by atoms with Crippen LogP contribution in [0.15, 0.2) is 46.7 Å². The van der Waals surface area contributed by atoms with Crippen molar-refractivity contribution in [3.05, 3.63) is 41.7 Å². The topological polar surface area (TPSA) is 121 Å². The fourth-order valence-electron chi connectivity index (χ4n) is 3.68. The Kier molecular flexibility index (Phi) is 3.39. The number of nitrogens with one attached hydrogen (secondary N) is 4. The lowest BCUT2D eigenvalue weighted by Crippen LogP contribution is -2.51. The maximum absolute atomic E-state index is 11.6. The summed E-state index contributed by atoms with van der Waals surface area (Å²) in [5.74, 6) is 0.473. The molecule has 5 heterocycles. The van der Waals surface area contributed by atoms with E-state index >= 15 is 0 Å². The summed E-state index contributed by atoms with van der Waals surface area (Å²) in [4.78, 5) is 28.4. The molecule has 1 saturated heterocycles. The van der Waals surface area contributed by atoms with Gasteiger partial charge in [-0.25, -0.2) is 20.1 Å². The van der Waals surface area contributed by atoms with Gasteiger partial charge in [0.05, 0.1) is 17.1 Å². The number of hydroxylamine groups is 1. The van der Waals surface area contributed by atoms with E-state index in [1.807, 2.05) is 30.0 Å². The van der Waals surface area contributed by atoms with Crippen LogP contribution in [0, 0.1) is 0 Å². The van der Waals surface area contributed by atoms with Crippen LogP contribution in [0.25, 0.3) is 0 Å². The number of hydrogen-bond donors (Lipinski definition) is 4. The van der Waals surface area contributed by atoms with Gasteiger partial charge in [-0.15, -0.1) is 0 Å². The van der Waals surface area contributed by atoms with E-state index in [0.29, 0.717) is 18.2 Å². The molecule has 6 rings (SSSR count). The lowest BCUT2D eigenvalue weighted by atomic mass is 10.2. The fourth-order valence-corrected chi connectivity index (χ4v) is 3.68. The third kappa shape index (κ3) is 2.45. The van der Waals surface area contributed by atoms with E-state index < -0.39 is 11.9 Å². The fraction of sp³-hybridized carbons (Fsp3) is 0.211. The predicted molar refractivity (Wildman–Crippen MR) is 108 cm³/mol. The van der Waals surface area contributed by atoms with Crippen molar-refractivity contribution in [3.8, 4) is 11.6 Å². The number of rotatable bonds is 3. The second-order valence-corrected chi connectivity index (χ2v) is 7.09. The van der Waals surface area contributed by atoms with Crippen LogP contribution in [0.5, 0.6) is 11.6 Å². The highest BCUT2D eigenvalue weighted by atomic mass is 16.7. The number of aromatic nitrogens is 1. The van der Waals surface area contributed by atoms with Crippen molar-refractivity contribution in [1.82, 2.24) is 10.5 Å². The average molecular weight is 407 g/mol. The summed E-state index contributed by atoms with van der Waals surface area (Å²) in [6.45, 7) is 2.48. The number of carbonyl (C=O) groups excluding carboxylic acids is 1. The molecule has 4 N–H and O–H groups in total. The molecule has 1 aromatic heterocycles. The first-order valence-corrected chi connectivity index (χ1v) is 9.36. The van der Waals surface area contributed by atoms with Crippen molar-refractivity contribution in [2.24, 2.45) is 4.99 Å². The standard InChI is InChI=1S/C19H17N7O4/c1-10-7-22-19(24-15-5-3-12-18(23-15)29-16(27)8-20-12)26(17(10)25-30-19)11-2-4-14-13(6-11)21-9-28-14/h2-7,20-21,25H,8-9H2,1H3,(H,23,24). The molecule has 1 aromatic carbocycles. The lowest BCUT2D eigenvalue weighted by Gasteiger charge is -2.35. The number of benzene rings is 1. The molecule has 0 saturated carbocycles. The van der Waals surface area contributed by atoms with Crippen molar-refractivity contribution in [2.75, 3.05) is 34.1 Å². The number of nitrogens with zero attached hydrogens (tertiary/aromatic N) is 3. The average Bonchev–Trinajstić information content (AvgIpc) is 3.32. The van der Waals surface area contributed by atoms with Gasteiger partial charge < -0.3 is 25.4 Å². The van der Waals surface area contributed by atoms with Crippen LogP contribution >= 0.6 is 0 Å². The zero-order valence-corrected chi connectivity index (χ0v) is 15.9. The molecule has 1 unspecified atom stereocenters. The first-order chi connectivity index (χ1) is 14.6. The molecular weight excluding hydrogens is 390 g/mol. The summed E-state index contributed by atoms with van der Waals surface area (Å²) in [6.07, 6.45) is 1.73. The number of hydrogen-bond acceptors (Lipinski definition) is 11. The van der Waals surface area contributed by atoms with Gasteiger partial charge in [-0.2, -0.15) is 4.98 Å². The highest BCUT2D eigenvalue weighted by Gasteiger charge is 2.50. The largest absolute Gasteiger partial charge is 0.471 e. The Balaban J connectivity index is 1.39. The minimum atomic E-state index is -1.31. The zero-order chi connectivity index (χ0) is 20.3. The molecule has 4 aliphatic rings. The number of aliphatic imine (C=N–C) groups is 1. The molecule has 0 amide bonds. The molecule has 1 fully saturated rings. The number of anilines is 4. The van der Waals surface area contributed by atoms with Gasteiger partial charge in [0, 0.05) is 11.8 Å². The third-order valence-electron chi connectivity index (χ3n) is 5.12. The van der Waals surface area contributed by atoms with Crippen molar-refractivity contribution < 1.29 is 19.1 Å². The molecule has 0 spiro atoms. The smallest absolute Gasteiger partial charge is 0.353 e. The Labute approximate surface area is 170 Å². The number of pyridine rings is 1. The van der Waals surface area contributed by atoms with Gasteiger partial charge in [-0.1, -0.05) is 0 Å². The molecule has 2 aromatic rings. The number of ether oxygens (including phenoxy) is 2. The number of esters is 1. The molecule has 11 nitrogen and oxygen atoms in total. The highest BCUT2D eigenvalue weighted by molar-refractivity contribution is 5.85. The van der Waals surface area contributed by atoms with E-state index in [9.17, 15) is 4.79 Å². The predicted octanol–water partition coefficient (Wildman–Crippen LogP) is 1.55. The van der Waals surface area contributed by atoms with Gasteiger partial charge in [-0.3, -0.25) is 4.90 Å². The molecule has 1 atom stereocenters. The van der Waals surface area contributed by atoms with E-state index in [2.05, 4.69) is 31.4 Å². The summed E-state index contributed by atoms with van der Waals surface area (Å²) < 4.78 is 10.7. The number of fused-ring (bicyclic) bond motifs is 4. The van der Waals surface area contributed by atoms with Crippen LogP contribution < -0.4 is 35.8 Å². The van der Waals surface area contributed by atoms with Gasteiger partial charge in [0.15, 0.2) is 6.73 Å². The Morgan fingerprint density at radius 2 is 2.13 bits per heavy atom. The maximum atomic E-state index is 11.6. The quantitative estimate of drug-likeness (QED) is 0.558. The summed E-state index contributed by atoms with van der Waals surface area (Å²) in [6, 6.07) is 9.34. The van der Waals surface area contributed by atoms with Gasteiger partial charge in [0.25, 0.3) is 0 Å². The van der Waals surface area contributed by atoms with E-state index in [0.717, 1.165) is 28.5 Å². The van der Waals surface area contributed by atoms with Gasteiger partial charge in [0.1, 0.15) is 23.9 Å². The van der Waals surface area contributed by atoms with Crippen molar-refractivity contribution in [1.29, 1.82) is 0 Å². The van der Waals surface area contributed by atoms with E-state index in [1.54, 1.807) is 18.3 Å². The number of carbonyl (C=O) groups is 1. The van der Waals surface area contributed by atoms with E-state index in [-0.39, 0.29) is 12.4 Å². The first-order valence-electron chi connectivity index (χ1n) is 9.36. The monoisotopic (exact) mass is 407 g/mol. The second kappa shape index (κ2) is 6.00. The molecule has 11 heteroatoms. The molecule has 152 valence electrons. The van der Waals surface area contributed by atoms with Crippen molar-refractivity contribution in [3.63, 3.8) is 0 Å². The number of allylic oxidation sites excluding steroid dienone is 1. The lowest BCUT2D eigenvalue weighted by molar-refractivity contribution is -0.133. The van der Waals surface area contributed by atoms with Gasteiger partial charge in [0.2, 0.25) is 5.88 Å². The molecule has 0 aliphatic carbocycles. The van der Waals surface area contributed by atoms with Crippen LogP contribution in [0.1, 0.15) is 6.92 Å². The molecule has 4 aliphatic heterocycles. The molecule has 2 bridgehead atoms. The molecular formula is C19H17N7O4. The van der Waals surface area contributed by atoms with Crippen molar-refractivity contribution in [2.45, 2.75) is 12.9 Å². The normalized spacial score (nSPS) is 23.0. The van der Waals surface area contributed by atoms with Gasteiger partial charge in [-0.05, 0) is 37.3 Å². The maximum Gasteiger partial charge on any atom is 0.353 e. The van der Waals surface area contributed by atoms with Crippen molar-refractivity contribution >= 4 is 35.1 Å².